The largest absolute Gasteiger partial charge is 0.297 e. The molecule has 0 atom stereocenters. The number of hydrogen-bond donors (Lipinski definition) is 0. The molecule has 0 aliphatic rings. The number of carbonyl (C=O) groups excluding carboxylic acids is 1. The van der Waals surface area contributed by atoms with Gasteiger partial charge in [-0.3, -0.25) is 4.79 Å². The molecule has 1 nitrogen and oxygen atoms in total. The van der Waals surface area contributed by atoms with Crippen LogP contribution >= 0.6 is 34.0 Å². The highest BCUT2D eigenvalue weighted by Gasteiger charge is 2.29. The van der Waals surface area contributed by atoms with Crippen LogP contribution in [0.15, 0.2) is 5.38 Å². The smallest absolute Gasteiger partial charge is 0.160 e. The predicted molar refractivity (Wildman–Crippen MR) is 106 cm³/mol. The molecular weight excluding hydrogens is 349 g/mol. The average molecular weight is 369 g/mol. The maximum absolute atomic E-state index is 11.5. The normalized spacial score (nSPS) is 13.4. The lowest BCUT2D eigenvalue weighted by molar-refractivity contribution is 0.112. The van der Waals surface area contributed by atoms with Gasteiger partial charge in [0.1, 0.15) is 0 Å². The molecule has 0 saturated carbocycles. The molecular formula is C15H20OS3Si2. The molecule has 0 bridgehead atoms. The van der Waals surface area contributed by atoms with Gasteiger partial charge in [0, 0.05) is 29.2 Å². The Kier molecular flexibility index (Phi) is 3.61. The van der Waals surface area contributed by atoms with Crippen LogP contribution in [0.25, 0.3) is 20.2 Å². The van der Waals surface area contributed by atoms with Gasteiger partial charge in [0.05, 0.1) is 21.0 Å². The van der Waals surface area contributed by atoms with Crippen LogP contribution in [0.1, 0.15) is 9.67 Å². The van der Waals surface area contributed by atoms with Crippen LogP contribution < -0.4 is 9.00 Å². The Labute approximate surface area is 139 Å². The summed E-state index contributed by atoms with van der Waals surface area (Å²) in [6, 6.07) is 0. The molecule has 0 unspecified atom stereocenters. The van der Waals surface area contributed by atoms with Crippen molar-refractivity contribution in [2.75, 3.05) is 0 Å². The second kappa shape index (κ2) is 4.86. The van der Waals surface area contributed by atoms with Crippen molar-refractivity contribution in [2.45, 2.75) is 39.3 Å². The number of rotatable bonds is 3. The standard InChI is InChI=1S/C15H20OS3Si2/c1-20(2,3)14-12-9(8-17-14)11-10(7-16)18-15(13(11)19-12)21(4,5)6/h7-8H,1-6H3. The van der Waals surface area contributed by atoms with Gasteiger partial charge in [0.25, 0.3) is 0 Å². The van der Waals surface area contributed by atoms with Crippen molar-refractivity contribution < 1.29 is 4.79 Å². The summed E-state index contributed by atoms with van der Waals surface area (Å²) < 4.78 is 5.94. The molecule has 3 rings (SSSR count). The number of fused-ring (bicyclic) bond motifs is 3. The van der Waals surface area contributed by atoms with Crippen LogP contribution in [0.4, 0.5) is 0 Å². The molecule has 0 aromatic carbocycles. The van der Waals surface area contributed by atoms with Gasteiger partial charge in [0.15, 0.2) is 6.29 Å². The van der Waals surface area contributed by atoms with E-state index in [0.717, 1.165) is 11.2 Å². The van der Waals surface area contributed by atoms with Gasteiger partial charge in [-0.15, -0.1) is 22.7 Å². The van der Waals surface area contributed by atoms with Gasteiger partial charge in [-0.05, 0) is 5.38 Å². The van der Waals surface area contributed by atoms with Gasteiger partial charge in [-0.2, -0.15) is 11.3 Å². The maximum Gasteiger partial charge on any atom is 0.160 e. The molecule has 3 heterocycles. The molecule has 3 aromatic heterocycles. The fraction of sp³-hybridized carbons (Fsp3) is 0.400. The molecule has 0 saturated heterocycles. The minimum Gasteiger partial charge on any atom is -0.297 e. The van der Waals surface area contributed by atoms with E-state index in [1.165, 1.54) is 24.7 Å². The first-order chi connectivity index (χ1) is 9.64. The van der Waals surface area contributed by atoms with Crippen molar-refractivity contribution in [3.05, 3.63) is 10.3 Å². The van der Waals surface area contributed by atoms with Crippen molar-refractivity contribution in [3.8, 4) is 0 Å². The fourth-order valence-electron chi connectivity index (χ4n) is 2.60. The van der Waals surface area contributed by atoms with Crippen molar-refractivity contribution in [1.29, 1.82) is 0 Å². The number of thiophene rings is 3. The fourth-order valence-corrected chi connectivity index (χ4v) is 12.6. The van der Waals surface area contributed by atoms with Crippen LogP contribution in [0.3, 0.4) is 0 Å². The molecule has 3 aromatic rings. The Bertz CT molecular complexity index is 840. The zero-order valence-electron chi connectivity index (χ0n) is 13.3. The second-order valence-corrected chi connectivity index (χ2v) is 21.2. The Hall–Kier alpha value is -0.276. The van der Waals surface area contributed by atoms with E-state index >= 15 is 0 Å². The Morgan fingerprint density at radius 1 is 0.905 bits per heavy atom. The molecule has 6 heteroatoms. The summed E-state index contributed by atoms with van der Waals surface area (Å²) in [5.41, 5.74) is 0. The summed E-state index contributed by atoms with van der Waals surface area (Å²) in [6.45, 7) is 14.3. The highest BCUT2D eigenvalue weighted by molar-refractivity contribution is 7.41. The van der Waals surface area contributed by atoms with Crippen LogP contribution in [0.2, 0.25) is 39.3 Å². The third-order valence-electron chi connectivity index (χ3n) is 3.58. The molecule has 0 fully saturated rings. The quantitative estimate of drug-likeness (QED) is 0.465. The van der Waals surface area contributed by atoms with Crippen LogP contribution in [-0.4, -0.2) is 22.4 Å². The van der Waals surface area contributed by atoms with E-state index in [0.29, 0.717) is 0 Å². The van der Waals surface area contributed by atoms with Crippen LogP contribution in [-0.2, 0) is 0 Å². The third kappa shape index (κ3) is 2.41. The predicted octanol–water partition coefficient (Wildman–Crippen LogP) is 5.08. The summed E-state index contributed by atoms with van der Waals surface area (Å²) in [5, 5.41) is 4.86. The SMILES string of the molecule is C[Si](C)(C)c1scc2c1sc1c([Si](C)(C)C)sc(C=O)c12. The Balaban J connectivity index is 2.44. The first-order valence-corrected chi connectivity index (χ1v) is 16.6. The van der Waals surface area contributed by atoms with E-state index in [9.17, 15) is 4.79 Å². The number of carbonyl (C=O) groups is 1. The number of hydrogen-bond acceptors (Lipinski definition) is 4. The summed E-state index contributed by atoms with van der Waals surface area (Å²) in [4.78, 5) is 12.5. The topological polar surface area (TPSA) is 17.1 Å². The minimum atomic E-state index is -1.41. The lowest BCUT2D eigenvalue weighted by atomic mass is 10.2. The molecule has 0 radical (unpaired) electrons. The molecule has 0 aliphatic heterocycles. The van der Waals surface area contributed by atoms with Crippen molar-refractivity contribution in [2.24, 2.45) is 0 Å². The molecule has 0 amide bonds. The second-order valence-electron chi connectivity index (χ2n) is 7.53. The summed E-state index contributed by atoms with van der Waals surface area (Å²) in [7, 11) is -2.73. The summed E-state index contributed by atoms with van der Waals surface area (Å²) in [5.74, 6) is 0. The van der Waals surface area contributed by atoms with E-state index < -0.39 is 16.1 Å². The highest BCUT2D eigenvalue weighted by atomic mass is 32.1. The average Bonchev–Trinajstić information content (AvgIpc) is 2.93. The molecule has 0 aliphatic carbocycles. The lowest BCUT2D eigenvalue weighted by Crippen LogP contribution is -2.35. The van der Waals surface area contributed by atoms with Crippen molar-refractivity contribution in [1.82, 2.24) is 0 Å². The van der Waals surface area contributed by atoms with Crippen molar-refractivity contribution >= 4 is 85.6 Å². The first kappa shape index (κ1) is 15.6. The Morgan fingerprint density at radius 2 is 1.52 bits per heavy atom. The highest BCUT2D eigenvalue weighted by Crippen LogP contribution is 2.40. The maximum atomic E-state index is 11.5. The van der Waals surface area contributed by atoms with E-state index in [4.69, 9.17) is 0 Å². The molecule has 21 heavy (non-hydrogen) atoms. The zero-order chi connectivity index (χ0) is 15.6. The van der Waals surface area contributed by atoms with Crippen LogP contribution in [0, 0.1) is 0 Å². The summed E-state index contributed by atoms with van der Waals surface area (Å²) in [6.07, 6.45) is 1.06. The van der Waals surface area contributed by atoms with Gasteiger partial charge in [-0.25, -0.2) is 0 Å². The van der Waals surface area contributed by atoms with E-state index in [1.807, 2.05) is 22.7 Å². The molecule has 0 N–H and O–H groups in total. The van der Waals surface area contributed by atoms with Crippen LogP contribution in [0.5, 0.6) is 0 Å². The lowest BCUT2D eigenvalue weighted by Gasteiger charge is -2.14. The van der Waals surface area contributed by atoms with E-state index in [-0.39, 0.29) is 0 Å². The minimum absolute atomic E-state index is 0.939. The monoisotopic (exact) mass is 368 g/mol. The molecule has 0 spiro atoms. The van der Waals surface area contributed by atoms with Gasteiger partial charge in [-0.1, -0.05) is 39.3 Å². The van der Waals surface area contributed by atoms with Gasteiger partial charge < -0.3 is 0 Å². The summed E-state index contributed by atoms with van der Waals surface area (Å²) >= 11 is 5.58. The van der Waals surface area contributed by atoms with E-state index in [1.54, 1.807) is 15.8 Å². The molecule has 112 valence electrons. The Morgan fingerprint density at radius 3 is 2.05 bits per heavy atom. The van der Waals surface area contributed by atoms with Crippen molar-refractivity contribution in [3.63, 3.8) is 0 Å². The number of aldehydes is 1. The van der Waals surface area contributed by atoms with Gasteiger partial charge in [0.2, 0.25) is 0 Å². The third-order valence-corrected chi connectivity index (χ3v) is 14.7. The zero-order valence-corrected chi connectivity index (χ0v) is 17.7. The van der Waals surface area contributed by atoms with E-state index in [2.05, 4.69) is 44.7 Å². The first-order valence-electron chi connectivity index (χ1n) is 7.07. The van der Waals surface area contributed by atoms with Gasteiger partial charge >= 0.3 is 0 Å².